The molecular weight excluding hydrogens is 443 g/mol. The third-order valence-corrected chi connectivity index (χ3v) is 6.92. The molecule has 0 spiro atoms. The van der Waals surface area contributed by atoms with Crippen molar-refractivity contribution >= 4 is 25.8 Å². The van der Waals surface area contributed by atoms with E-state index in [0.29, 0.717) is 5.56 Å². The summed E-state index contributed by atoms with van der Waals surface area (Å²) in [4.78, 5) is 0.0147. The fraction of sp³-hybridized carbons (Fsp3) is 0.263. The fourth-order valence-electron chi connectivity index (χ4n) is 3.12. The molecule has 162 valence electrons. The molecule has 3 rings (SSSR count). The van der Waals surface area contributed by atoms with Gasteiger partial charge < -0.3 is 4.18 Å². The van der Waals surface area contributed by atoms with Crippen molar-refractivity contribution in [2.45, 2.75) is 36.6 Å². The predicted molar refractivity (Wildman–Crippen MR) is 105 cm³/mol. The molecular formula is C19H18F3NO5S2. The van der Waals surface area contributed by atoms with Crippen LogP contribution < -0.4 is 8.91 Å². The van der Waals surface area contributed by atoms with E-state index < -0.39 is 31.4 Å². The van der Waals surface area contributed by atoms with E-state index >= 15 is 0 Å². The van der Waals surface area contributed by atoms with Gasteiger partial charge in [0.15, 0.2) is 0 Å². The smallest absolute Gasteiger partial charge is 0.376 e. The van der Waals surface area contributed by atoms with E-state index in [0.717, 1.165) is 11.6 Å². The van der Waals surface area contributed by atoms with Crippen LogP contribution in [0.2, 0.25) is 0 Å². The van der Waals surface area contributed by atoms with Gasteiger partial charge in [-0.15, -0.1) is 0 Å². The molecule has 0 bridgehead atoms. The maximum atomic E-state index is 12.7. The molecule has 2 aromatic carbocycles. The van der Waals surface area contributed by atoms with E-state index in [1.807, 2.05) is 6.92 Å². The first-order valence-electron chi connectivity index (χ1n) is 8.74. The van der Waals surface area contributed by atoms with Crippen LogP contribution in [0.1, 0.15) is 29.5 Å². The van der Waals surface area contributed by atoms with E-state index in [-0.39, 0.29) is 28.5 Å². The zero-order valence-electron chi connectivity index (χ0n) is 15.9. The SMILES string of the molecule is Cc1ccc(S(=O)(=O)Nc2ccc(OS(=O)(=O)C(F)(F)F)c3c2C(C)C=CC3)cc1. The molecule has 1 aliphatic rings. The van der Waals surface area contributed by atoms with Gasteiger partial charge in [-0.05, 0) is 43.2 Å². The molecule has 0 amide bonds. The minimum atomic E-state index is -5.86. The number of hydrogen-bond donors (Lipinski definition) is 1. The van der Waals surface area contributed by atoms with Crippen LogP contribution in [-0.4, -0.2) is 22.3 Å². The van der Waals surface area contributed by atoms with Crippen molar-refractivity contribution in [1.29, 1.82) is 0 Å². The average molecular weight is 461 g/mol. The first kappa shape index (κ1) is 22.2. The van der Waals surface area contributed by atoms with E-state index in [9.17, 15) is 30.0 Å². The van der Waals surface area contributed by atoms with Gasteiger partial charge >= 0.3 is 15.6 Å². The molecule has 1 unspecified atom stereocenters. The summed E-state index contributed by atoms with van der Waals surface area (Å²) in [5, 5.41) is 0. The first-order valence-corrected chi connectivity index (χ1v) is 11.6. The molecule has 1 atom stereocenters. The van der Waals surface area contributed by atoms with Crippen molar-refractivity contribution in [3.05, 3.63) is 65.2 Å². The van der Waals surface area contributed by atoms with E-state index in [2.05, 4.69) is 8.91 Å². The van der Waals surface area contributed by atoms with Gasteiger partial charge in [-0.1, -0.05) is 36.8 Å². The summed E-state index contributed by atoms with van der Waals surface area (Å²) >= 11 is 0. The lowest BCUT2D eigenvalue weighted by atomic mass is 9.87. The lowest BCUT2D eigenvalue weighted by Gasteiger charge is -2.24. The lowest BCUT2D eigenvalue weighted by molar-refractivity contribution is -0.0500. The molecule has 0 heterocycles. The van der Waals surface area contributed by atoms with E-state index in [4.69, 9.17) is 0 Å². The molecule has 11 heteroatoms. The number of hydrogen-bond acceptors (Lipinski definition) is 5. The van der Waals surface area contributed by atoms with Gasteiger partial charge in [0.2, 0.25) is 0 Å². The number of nitrogens with one attached hydrogen (secondary N) is 1. The molecule has 1 N–H and O–H groups in total. The molecule has 0 saturated heterocycles. The van der Waals surface area contributed by atoms with E-state index in [1.54, 1.807) is 31.2 Å². The maximum absolute atomic E-state index is 12.7. The third kappa shape index (κ3) is 4.31. The lowest BCUT2D eigenvalue weighted by Crippen LogP contribution is -2.28. The predicted octanol–water partition coefficient (Wildman–Crippen LogP) is 4.24. The van der Waals surface area contributed by atoms with Crippen molar-refractivity contribution in [1.82, 2.24) is 0 Å². The van der Waals surface area contributed by atoms with Crippen LogP contribution in [0.25, 0.3) is 0 Å². The monoisotopic (exact) mass is 461 g/mol. The van der Waals surface area contributed by atoms with Gasteiger partial charge in [0.1, 0.15) is 5.75 Å². The second kappa shape index (κ2) is 7.62. The maximum Gasteiger partial charge on any atom is 0.534 e. The summed E-state index contributed by atoms with van der Waals surface area (Å²) in [6.07, 6.45) is 3.48. The normalized spacial score (nSPS) is 16.8. The van der Waals surface area contributed by atoms with Gasteiger partial charge in [0.05, 0.1) is 10.6 Å². The van der Waals surface area contributed by atoms with Crippen LogP contribution in [0.3, 0.4) is 0 Å². The molecule has 0 aliphatic heterocycles. The zero-order valence-corrected chi connectivity index (χ0v) is 17.5. The van der Waals surface area contributed by atoms with E-state index in [1.165, 1.54) is 18.2 Å². The van der Waals surface area contributed by atoms with Gasteiger partial charge in [-0.3, -0.25) is 4.72 Å². The molecule has 0 radical (unpaired) electrons. The molecule has 1 aliphatic carbocycles. The number of rotatable bonds is 5. The Hall–Kier alpha value is -2.53. The summed E-state index contributed by atoms with van der Waals surface area (Å²) in [5.41, 5.74) is -4.05. The summed E-state index contributed by atoms with van der Waals surface area (Å²) in [5.74, 6) is -0.876. The number of alkyl halides is 3. The van der Waals surface area contributed by atoms with Crippen LogP contribution in [0.4, 0.5) is 18.9 Å². The Bertz CT molecular complexity index is 1200. The topological polar surface area (TPSA) is 89.5 Å². The van der Waals surface area contributed by atoms with Crippen LogP contribution in [0.15, 0.2) is 53.4 Å². The van der Waals surface area contributed by atoms with Crippen molar-refractivity contribution in [2.24, 2.45) is 0 Å². The van der Waals surface area contributed by atoms with Gasteiger partial charge in [0.25, 0.3) is 10.0 Å². The van der Waals surface area contributed by atoms with Gasteiger partial charge in [0, 0.05) is 11.5 Å². The van der Waals surface area contributed by atoms with Gasteiger partial charge in [-0.25, -0.2) is 8.42 Å². The number of fused-ring (bicyclic) bond motifs is 1. The van der Waals surface area contributed by atoms with Crippen LogP contribution >= 0.6 is 0 Å². The number of aryl methyl sites for hydroxylation is 1. The Labute approximate surface area is 172 Å². The average Bonchev–Trinajstić information content (AvgIpc) is 2.63. The number of anilines is 1. The first-order chi connectivity index (χ1) is 13.8. The Morgan fingerprint density at radius 2 is 1.67 bits per heavy atom. The number of sulfonamides is 1. The second-order valence-corrected chi connectivity index (χ2v) is 10.0. The molecule has 0 saturated carbocycles. The Balaban J connectivity index is 2.05. The molecule has 0 aromatic heterocycles. The number of halogens is 3. The minimum Gasteiger partial charge on any atom is -0.376 e. The Morgan fingerprint density at radius 3 is 2.27 bits per heavy atom. The second-order valence-electron chi connectivity index (χ2n) is 6.83. The summed E-state index contributed by atoms with van der Waals surface area (Å²) in [6.45, 7) is 3.52. The summed E-state index contributed by atoms with van der Waals surface area (Å²) in [7, 11) is -9.83. The molecule has 0 fully saturated rings. The van der Waals surface area contributed by atoms with Crippen molar-refractivity contribution in [3.8, 4) is 5.75 Å². The largest absolute Gasteiger partial charge is 0.534 e. The van der Waals surface area contributed by atoms with Crippen molar-refractivity contribution in [2.75, 3.05) is 4.72 Å². The molecule has 30 heavy (non-hydrogen) atoms. The highest BCUT2D eigenvalue weighted by Gasteiger charge is 2.49. The van der Waals surface area contributed by atoms with Crippen LogP contribution in [-0.2, 0) is 26.6 Å². The van der Waals surface area contributed by atoms with Crippen LogP contribution in [0, 0.1) is 6.92 Å². The minimum absolute atomic E-state index is 0.0147. The number of benzene rings is 2. The third-order valence-electron chi connectivity index (χ3n) is 4.57. The quantitative estimate of drug-likeness (QED) is 0.409. The molecule has 2 aromatic rings. The highest BCUT2D eigenvalue weighted by molar-refractivity contribution is 7.92. The Kier molecular flexibility index (Phi) is 5.63. The van der Waals surface area contributed by atoms with Crippen molar-refractivity contribution < 1.29 is 34.2 Å². The summed E-state index contributed by atoms with van der Waals surface area (Å²) < 4.78 is 93.3. The summed E-state index contributed by atoms with van der Waals surface area (Å²) in [6, 6.07) is 8.34. The highest BCUT2D eigenvalue weighted by atomic mass is 32.2. The van der Waals surface area contributed by atoms with Crippen molar-refractivity contribution in [3.63, 3.8) is 0 Å². The van der Waals surface area contributed by atoms with Crippen LogP contribution in [0.5, 0.6) is 5.75 Å². The Morgan fingerprint density at radius 1 is 1.03 bits per heavy atom. The molecule has 6 nitrogen and oxygen atoms in total. The standard InChI is InChI=1S/C19H18F3NO5S2/c1-12-6-8-14(9-7-12)29(24,25)23-16-10-11-17(28-30(26,27)19(20,21)22)15-5-3-4-13(2)18(15)16/h3-4,6-11,13,23H,5H2,1-2H3. The highest BCUT2D eigenvalue weighted by Crippen LogP contribution is 2.40. The zero-order chi connectivity index (χ0) is 22.3. The number of allylic oxidation sites excluding steroid dienone is 2. The van der Waals surface area contributed by atoms with Gasteiger partial charge in [-0.2, -0.15) is 21.6 Å². The fourth-order valence-corrected chi connectivity index (χ4v) is 4.68.